The van der Waals surface area contributed by atoms with E-state index >= 15 is 0 Å². The fraction of sp³-hybridized carbons (Fsp3) is 0.591. The molecule has 2 aromatic rings. The van der Waals surface area contributed by atoms with E-state index in [2.05, 4.69) is 20.6 Å². The third-order valence-electron chi connectivity index (χ3n) is 7.06. The largest absolute Gasteiger partial charge is 0.373 e. The van der Waals surface area contributed by atoms with Crippen molar-refractivity contribution in [3.05, 3.63) is 45.4 Å². The number of carbonyl (C=O) groups is 1. The molecule has 0 bridgehead atoms. The van der Waals surface area contributed by atoms with Gasteiger partial charge in [0.15, 0.2) is 0 Å². The van der Waals surface area contributed by atoms with Crippen LogP contribution in [0.2, 0.25) is 0 Å². The van der Waals surface area contributed by atoms with Gasteiger partial charge in [0, 0.05) is 49.9 Å². The molecule has 1 fully saturated rings. The van der Waals surface area contributed by atoms with E-state index in [-0.39, 0.29) is 23.5 Å². The van der Waals surface area contributed by atoms with Crippen LogP contribution in [0, 0.1) is 12.7 Å². The van der Waals surface area contributed by atoms with Gasteiger partial charge >= 0.3 is 5.69 Å². The zero-order valence-electron chi connectivity index (χ0n) is 18.0. The van der Waals surface area contributed by atoms with E-state index in [0.717, 1.165) is 49.3 Å². The summed E-state index contributed by atoms with van der Waals surface area (Å²) in [5.41, 5.74) is 2.27. The molecule has 1 amide bonds. The van der Waals surface area contributed by atoms with E-state index in [0.29, 0.717) is 31.1 Å². The molecule has 2 N–H and O–H groups in total. The number of amides is 1. The predicted molar refractivity (Wildman–Crippen MR) is 114 cm³/mol. The number of fused-ring (bicyclic) bond motifs is 2. The lowest BCUT2D eigenvalue weighted by atomic mass is 9.89. The fourth-order valence-corrected chi connectivity index (χ4v) is 5.35. The maximum atomic E-state index is 14.2. The Bertz CT molecular complexity index is 1050. The molecule has 166 valence electrons. The number of hydrogen-bond donors (Lipinski definition) is 2. The summed E-state index contributed by atoms with van der Waals surface area (Å²) >= 11 is 0. The molecule has 1 aromatic carbocycles. The number of benzene rings is 1. The molecule has 1 unspecified atom stereocenters. The minimum Gasteiger partial charge on any atom is -0.373 e. The second-order valence-corrected chi connectivity index (χ2v) is 9.09. The smallest absolute Gasteiger partial charge is 0.345 e. The first-order valence-corrected chi connectivity index (χ1v) is 11.1. The Balaban J connectivity index is 1.21. The van der Waals surface area contributed by atoms with Gasteiger partial charge in [-0.15, -0.1) is 0 Å². The van der Waals surface area contributed by atoms with Crippen molar-refractivity contribution in [2.75, 3.05) is 11.9 Å². The van der Waals surface area contributed by atoms with Crippen molar-refractivity contribution in [2.24, 2.45) is 7.05 Å². The van der Waals surface area contributed by atoms with Crippen molar-refractivity contribution < 1.29 is 9.18 Å². The highest BCUT2D eigenvalue weighted by atomic mass is 19.1. The highest BCUT2D eigenvalue weighted by molar-refractivity contribution is 5.88. The summed E-state index contributed by atoms with van der Waals surface area (Å²) in [4.78, 5) is 27.4. The van der Waals surface area contributed by atoms with Crippen molar-refractivity contribution >= 4 is 11.6 Å². The Morgan fingerprint density at radius 3 is 2.94 bits per heavy atom. The number of carbonyl (C=O) groups excluding carboxylic acids is 1. The van der Waals surface area contributed by atoms with Crippen molar-refractivity contribution in [3.63, 3.8) is 0 Å². The zero-order chi connectivity index (χ0) is 21.7. The van der Waals surface area contributed by atoms with Crippen LogP contribution in [0.25, 0.3) is 0 Å². The van der Waals surface area contributed by atoms with Gasteiger partial charge in [-0.2, -0.15) is 5.10 Å². The molecule has 0 saturated heterocycles. The molecule has 0 radical (unpaired) electrons. The van der Waals surface area contributed by atoms with Crippen molar-refractivity contribution in [1.29, 1.82) is 0 Å². The Morgan fingerprint density at radius 2 is 2.13 bits per heavy atom. The molecule has 31 heavy (non-hydrogen) atoms. The van der Waals surface area contributed by atoms with E-state index in [1.165, 1.54) is 10.7 Å². The fourth-order valence-electron chi connectivity index (χ4n) is 5.35. The summed E-state index contributed by atoms with van der Waals surface area (Å²) in [5.74, 6) is 0.507. The summed E-state index contributed by atoms with van der Waals surface area (Å²) in [7, 11) is 1.69. The molecule has 2 aliphatic heterocycles. The molecule has 1 saturated carbocycles. The number of hydrogen-bond acceptors (Lipinski definition) is 5. The summed E-state index contributed by atoms with van der Waals surface area (Å²) in [5, 5.41) is 10.8. The van der Waals surface area contributed by atoms with Crippen molar-refractivity contribution in [1.82, 2.24) is 24.6 Å². The average molecular weight is 429 g/mol. The van der Waals surface area contributed by atoms with Gasteiger partial charge in [-0.25, -0.2) is 13.9 Å². The summed E-state index contributed by atoms with van der Waals surface area (Å²) in [6.07, 6.45) is 4.36. The Kier molecular flexibility index (Phi) is 5.08. The molecular weight excluding hydrogens is 399 g/mol. The molecule has 8 nitrogen and oxygen atoms in total. The van der Waals surface area contributed by atoms with Gasteiger partial charge in [0.2, 0.25) is 5.91 Å². The lowest BCUT2D eigenvalue weighted by Gasteiger charge is -2.39. The van der Waals surface area contributed by atoms with E-state index in [1.807, 2.05) is 6.92 Å². The van der Waals surface area contributed by atoms with Gasteiger partial charge in [0.25, 0.3) is 0 Å². The van der Waals surface area contributed by atoms with Gasteiger partial charge < -0.3 is 10.6 Å². The second-order valence-electron chi connectivity index (χ2n) is 9.09. The van der Waals surface area contributed by atoms with Crippen LogP contribution in [0.15, 0.2) is 16.9 Å². The lowest BCUT2D eigenvalue weighted by Crippen LogP contribution is -2.50. The van der Waals surface area contributed by atoms with Gasteiger partial charge in [-0.05, 0) is 44.2 Å². The third kappa shape index (κ3) is 3.64. The molecular formula is C22H29FN6O2. The summed E-state index contributed by atoms with van der Waals surface area (Å²) in [6.45, 7) is 4.07. The topological polar surface area (TPSA) is 84.2 Å². The first kappa shape index (κ1) is 20.2. The van der Waals surface area contributed by atoms with Gasteiger partial charge in [-0.1, -0.05) is 6.07 Å². The number of halogens is 1. The van der Waals surface area contributed by atoms with E-state index in [9.17, 15) is 14.0 Å². The van der Waals surface area contributed by atoms with Crippen molar-refractivity contribution in [3.8, 4) is 0 Å². The normalized spacial score (nSPS) is 25.6. The van der Waals surface area contributed by atoms with Gasteiger partial charge in [0.05, 0.1) is 6.54 Å². The average Bonchev–Trinajstić information content (AvgIpc) is 3.34. The van der Waals surface area contributed by atoms with Gasteiger partial charge in [0.1, 0.15) is 17.7 Å². The van der Waals surface area contributed by atoms with Crippen LogP contribution in [-0.2, 0) is 31.4 Å². The van der Waals surface area contributed by atoms with E-state index in [1.54, 1.807) is 17.7 Å². The Labute approximate surface area is 180 Å². The molecule has 3 atom stereocenters. The number of aromatic nitrogens is 3. The SMILES string of the molecule is Cc1ccc(F)c2c1NC(C(=O)N[C@@H]1CCC[C@@H](N3CCn4c(nn(C)c4=O)C3)C1)C2. The molecule has 9 heteroatoms. The number of nitrogens with one attached hydrogen (secondary N) is 2. The Hall–Kier alpha value is -2.68. The maximum absolute atomic E-state index is 14.2. The minimum atomic E-state index is -0.427. The lowest BCUT2D eigenvalue weighted by molar-refractivity contribution is -0.122. The molecule has 1 aromatic heterocycles. The number of nitrogens with zero attached hydrogens (tertiary/aromatic N) is 4. The van der Waals surface area contributed by atoms with Gasteiger partial charge in [-0.3, -0.25) is 14.3 Å². The first-order valence-electron chi connectivity index (χ1n) is 11.1. The van der Waals surface area contributed by atoms with Crippen LogP contribution in [0.5, 0.6) is 0 Å². The van der Waals surface area contributed by atoms with E-state index in [4.69, 9.17) is 0 Å². The summed E-state index contributed by atoms with van der Waals surface area (Å²) < 4.78 is 17.3. The molecule has 1 aliphatic carbocycles. The standard InChI is InChI=1S/C22H29FN6O2/c1-13-6-7-17(23)16-11-18(25-20(13)16)21(30)24-14-4-3-5-15(10-14)28-8-9-29-19(12-28)26-27(2)22(29)31/h6-7,14-15,18,25H,3-5,8-12H2,1-2H3,(H,24,30)/t14-,15-,18?/m1/s1. The molecule has 5 rings (SSSR count). The maximum Gasteiger partial charge on any atom is 0.345 e. The van der Waals surface area contributed by atoms with Crippen LogP contribution in [0.4, 0.5) is 10.1 Å². The quantitative estimate of drug-likeness (QED) is 0.770. The second kappa shape index (κ2) is 7.78. The predicted octanol–water partition coefficient (Wildman–Crippen LogP) is 1.31. The van der Waals surface area contributed by atoms with Crippen LogP contribution in [0.1, 0.15) is 42.6 Å². The van der Waals surface area contributed by atoms with Crippen LogP contribution < -0.4 is 16.3 Å². The number of anilines is 1. The first-order chi connectivity index (χ1) is 14.9. The van der Waals surface area contributed by atoms with Crippen LogP contribution >= 0.6 is 0 Å². The van der Waals surface area contributed by atoms with Crippen LogP contribution in [-0.4, -0.2) is 49.8 Å². The molecule has 0 spiro atoms. The van der Waals surface area contributed by atoms with Crippen molar-refractivity contribution in [2.45, 2.75) is 70.2 Å². The zero-order valence-corrected chi connectivity index (χ0v) is 18.0. The highest BCUT2D eigenvalue weighted by Crippen LogP contribution is 2.32. The van der Waals surface area contributed by atoms with Crippen LogP contribution in [0.3, 0.4) is 0 Å². The Morgan fingerprint density at radius 1 is 1.29 bits per heavy atom. The van der Waals surface area contributed by atoms with E-state index < -0.39 is 6.04 Å². The molecule has 3 aliphatic rings. The minimum absolute atomic E-state index is 0.0554. The monoisotopic (exact) mass is 428 g/mol. The highest BCUT2D eigenvalue weighted by Gasteiger charge is 2.34. The number of aryl methyl sites for hydroxylation is 2. The third-order valence-corrected chi connectivity index (χ3v) is 7.06. The summed E-state index contributed by atoms with van der Waals surface area (Å²) in [6, 6.07) is 3.26. The number of rotatable bonds is 3. The molecule has 3 heterocycles.